The number of hydrogen-bond donors (Lipinski definition) is 4. The molecular weight excluding hydrogens is 435 g/mol. The van der Waals surface area contributed by atoms with Gasteiger partial charge in [-0.05, 0) is 42.7 Å². The number of H-pyrrole nitrogens is 1. The quantitative estimate of drug-likeness (QED) is 0.401. The molecule has 3 aromatic rings. The summed E-state index contributed by atoms with van der Waals surface area (Å²) in [6.45, 7) is 1.23. The maximum absolute atomic E-state index is 14.0. The Morgan fingerprint density at radius 2 is 1.91 bits per heavy atom. The Hall–Kier alpha value is -3.23. The number of rotatable bonds is 8. The molecule has 1 fully saturated rings. The third-order valence-corrected chi connectivity index (χ3v) is 6.55. The fraction of sp³-hybridized carbons (Fsp3) is 0.385. The van der Waals surface area contributed by atoms with Crippen LogP contribution in [0.1, 0.15) is 48.0 Å². The van der Waals surface area contributed by atoms with E-state index in [4.69, 9.17) is 0 Å². The van der Waals surface area contributed by atoms with Gasteiger partial charge in [0.15, 0.2) is 0 Å². The molecular formula is C26H31FN4O3. The zero-order valence-electron chi connectivity index (χ0n) is 19.4. The van der Waals surface area contributed by atoms with Gasteiger partial charge in [-0.1, -0.05) is 37.5 Å². The molecule has 1 aromatic heterocycles. The second kappa shape index (κ2) is 10.8. The molecule has 2 aromatic carbocycles. The number of nitrogens with zero attached hydrogens (tertiary/aromatic N) is 1. The first-order valence-electron chi connectivity index (χ1n) is 11.8. The van der Waals surface area contributed by atoms with Gasteiger partial charge in [0.2, 0.25) is 0 Å². The zero-order valence-corrected chi connectivity index (χ0v) is 19.4. The summed E-state index contributed by atoms with van der Waals surface area (Å²) in [5.41, 5.74) is 1.77. The van der Waals surface area contributed by atoms with Crippen LogP contribution in [-0.2, 0) is 6.54 Å². The van der Waals surface area contributed by atoms with Crippen LogP contribution >= 0.6 is 0 Å². The molecule has 7 nitrogen and oxygen atoms in total. The van der Waals surface area contributed by atoms with Crippen LogP contribution < -0.4 is 16.2 Å². The van der Waals surface area contributed by atoms with Crippen molar-refractivity contribution in [2.45, 2.75) is 44.7 Å². The van der Waals surface area contributed by atoms with Gasteiger partial charge >= 0.3 is 0 Å². The predicted molar refractivity (Wildman–Crippen MR) is 133 cm³/mol. The van der Waals surface area contributed by atoms with Crippen molar-refractivity contribution in [2.24, 2.45) is 0 Å². The molecule has 1 saturated carbocycles. The molecule has 0 spiro atoms. The maximum atomic E-state index is 14.0. The molecule has 0 atom stereocenters. The SMILES string of the molecule is CNc1cc(F)cc2cc(C(=O)Nc3ccccc3CN(CCO)C3CCCCC3)c(=O)[nH]c12. The summed E-state index contributed by atoms with van der Waals surface area (Å²) < 4.78 is 14.0. The number of aromatic nitrogens is 1. The van der Waals surface area contributed by atoms with Gasteiger partial charge in [-0.3, -0.25) is 14.5 Å². The number of fused-ring (bicyclic) bond motifs is 1. The number of carbonyl (C=O) groups excluding carboxylic acids is 1. The summed E-state index contributed by atoms with van der Waals surface area (Å²) in [6.07, 6.45) is 5.82. The monoisotopic (exact) mass is 466 g/mol. The molecule has 8 heteroatoms. The number of benzene rings is 2. The lowest BCUT2D eigenvalue weighted by Gasteiger charge is -2.34. The van der Waals surface area contributed by atoms with Crippen molar-refractivity contribution in [3.05, 3.63) is 69.8 Å². The third kappa shape index (κ3) is 5.29. The van der Waals surface area contributed by atoms with Crippen LogP contribution in [0.25, 0.3) is 10.9 Å². The molecule has 0 radical (unpaired) electrons. The van der Waals surface area contributed by atoms with E-state index in [0.717, 1.165) is 18.4 Å². The molecule has 1 aliphatic rings. The molecule has 0 saturated heterocycles. The number of aliphatic hydroxyl groups is 1. The number of carbonyl (C=O) groups is 1. The highest BCUT2D eigenvalue weighted by atomic mass is 19.1. The Bertz CT molecular complexity index is 1220. The minimum absolute atomic E-state index is 0.0721. The number of anilines is 2. The Balaban J connectivity index is 1.60. The highest BCUT2D eigenvalue weighted by Crippen LogP contribution is 2.27. The number of hydrogen-bond acceptors (Lipinski definition) is 5. The fourth-order valence-corrected chi connectivity index (χ4v) is 4.80. The first-order chi connectivity index (χ1) is 16.5. The van der Waals surface area contributed by atoms with Gasteiger partial charge in [0.05, 0.1) is 17.8 Å². The second-order valence-corrected chi connectivity index (χ2v) is 8.78. The molecule has 0 unspecified atom stereocenters. The van der Waals surface area contributed by atoms with Crippen LogP contribution in [0.2, 0.25) is 0 Å². The van der Waals surface area contributed by atoms with Gasteiger partial charge in [-0.2, -0.15) is 0 Å². The van der Waals surface area contributed by atoms with E-state index < -0.39 is 17.3 Å². The molecule has 180 valence electrons. The number of aromatic amines is 1. The van der Waals surface area contributed by atoms with Crippen molar-refractivity contribution >= 4 is 28.2 Å². The second-order valence-electron chi connectivity index (χ2n) is 8.78. The summed E-state index contributed by atoms with van der Waals surface area (Å²) in [7, 11) is 1.64. The van der Waals surface area contributed by atoms with Crippen molar-refractivity contribution in [3.8, 4) is 0 Å². The number of pyridine rings is 1. The number of nitrogens with one attached hydrogen (secondary N) is 3. The average Bonchev–Trinajstić information content (AvgIpc) is 2.84. The number of aliphatic hydroxyl groups excluding tert-OH is 1. The van der Waals surface area contributed by atoms with E-state index in [9.17, 15) is 19.1 Å². The maximum Gasteiger partial charge on any atom is 0.261 e. The van der Waals surface area contributed by atoms with Crippen LogP contribution in [0.3, 0.4) is 0 Å². The molecule has 0 aliphatic heterocycles. The predicted octanol–water partition coefficient (Wildman–Crippen LogP) is 4.09. The smallest absolute Gasteiger partial charge is 0.261 e. The van der Waals surface area contributed by atoms with E-state index in [1.54, 1.807) is 13.1 Å². The Kier molecular flexibility index (Phi) is 7.59. The first kappa shape index (κ1) is 23.9. The summed E-state index contributed by atoms with van der Waals surface area (Å²) in [5, 5.41) is 15.8. The lowest BCUT2D eigenvalue weighted by Crippen LogP contribution is -2.38. The van der Waals surface area contributed by atoms with Crippen molar-refractivity contribution in [1.29, 1.82) is 0 Å². The Morgan fingerprint density at radius 1 is 1.15 bits per heavy atom. The molecule has 1 heterocycles. The van der Waals surface area contributed by atoms with Crippen molar-refractivity contribution in [3.63, 3.8) is 0 Å². The lowest BCUT2D eigenvalue weighted by atomic mass is 9.93. The summed E-state index contributed by atoms with van der Waals surface area (Å²) in [5.74, 6) is -1.02. The van der Waals surface area contributed by atoms with Gasteiger partial charge in [0.1, 0.15) is 11.4 Å². The summed E-state index contributed by atoms with van der Waals surface area (Å²) in [4.78, 5) is 30.8. The van der Waals surface area contributed by atoms with Gasteiger partial charge in [0, 0.05) is 37.3 Å². The van der Waals surface area contributed by atoms with Crippen LogP contribution in [0.5, 0.6) is 0 Å². The van der Waals surface area contributed by atoms with Gasteiger partial charge in [-0.25, -0.2) is 4.39 Å². The molecule has 4 rings (SSSR count). The van der Waals surface area contributed by atoms with E-state index in [0.29, 0.717) is 41.4 Å². The van der Waals surface area contributed by atoms with Crippen LogP contribution in [0.15, 0.2) is 47.3 Å². The van der Waals surface area contributed by atoms with Gasteiger partial charge < -0.3 is 20.7 Å². The molecule has 4 N–H and O–H groups in total. The average molecular weight is 467 g/mol. The Labute approximate surface area is 198 Å². The topological polar surface area (TPSA) is 97.5 Å². The van der Waals surface area contributed by atoms with Crippen LogP contribution in [0, 0.1) is 5.82 Å². The minimum atomic E-state index is -0.558. The van der Waals surface area contributed by atoms with E-state index in [-0.39, 0.29) is 12.2 Å². The minimum Gasteiger partial charge on any atom is -0.395 e. The van der Waals surface area contributed by atoms with Crippen LogP contribution in [0.4, 0.5) is 15.8 Å². The molecule has 1 aliphatic carbocycles. The highest BCUT2D eigenvalue weighted by Gasteiger charge is 2.22. The van der Waals surface area contributed by atoms with Crippen molar-refractivity contribution in [1.82, 2.24) is 9.88 Å². The van der Waals surface area contributed by atoms with E-state index in [1.807, 2.05) is 18.2 Å². The summed E-state index contributed by atoms with van der Waals surface area (Å²) >= 11 is 0. The van der Waals surface area contributed by atoms with Crippen LogP contribution in [-0.4, -0.2) is 47.1 Å². The molecule has 34 heavy (non-hydrogen) atoms. The number of amides is 1. The fourth-order valence-electron chi connectivity index (χ4n) is 4.80. The third-order valence-electron chi connectivity index (χ3n) is 6.55. The number of para-hydroxylation sites is 1. The van der Waals surface area contributed by atoms with E-state index in [1.165, 1.54) is 37.5 Å². The molecule has 1 amide bonds. The largest absolute Gasteiger partial charge is 0.395 e. The highest BCUT2D eigenvalue weighted by molar-refractivity contribution is 6.06. The molecule has 0 bridgehead atoms. The van der Waals surface area contributed by atoms with E-state index >= 15 is 0 Å². The van der Waals surface area contributed by atoms with Gasteiger partial charge in [-0.15, -0.1) is 0 Å². The van der Waals surface area contributed by atoms with Crippen molar-refractivity contribution < 1.29 is 14.3 Å². The van der Waals surface area contributed by atoms with E-state index in [2.05, 4.69) is 20.5 Å². The van der Waals surface area contributed by atoms with Gasteiger partial charge in [0.25, 0.3) is 11.5 Å². The Morgan fingerprint density at radius 3 is 2.65 bits per heavy atom. The number of halogens is 1. The zero-order chi connectivity index (χ0) is 24.1. The van der Waals surface area contributed by atoms with Crippen molar-refractivity contribution in [2.75, 3.05) is 30.8 Å². The normalized spacial score (nSPS) is 14.5. The standard InChI is InChI=1S/C26H31FN4O3/c1-28-23-15-19(27)13-18-14-21(26(34)30-24(18)23)25(33)29-22-10-6-5-7-17(22)16-31(11-12-32)20-8-3-2-4-9-20/h5-7,10,13-15,20,28,32H,2-4,8-9,11-12,16H2,1H3,(H,29,33)(H,30,34). The summed E-state index contributed by atoms with van der Waals surface area (Å²) in [6, 6.07) is 11.9. The first-order valence-corrected chi connectivity index (χ1v) is 11.8. The lowest BCUT2D eigenvalue weighted by molar-refractivity contribution is 0.102.